The van der Waals surface area contributed by atoms with Crippen molar-refractivity contribution in [3.8, 4) is 5.75 Å². The summed E-state index contributed by atoms with van der Waals surface area (Å²) < 4.78 is 31.6. The third-order valence-corrected chi connectivity index (χ3v) is 6.66. The van der Waals surface area contributed by atoms with E-state index >= 15 is 0 Å². The monoisotopic (exact) mass is 410 g/mol. The maximum absolute atomic E-state index is 12.5. The standard InChI is InChI=1S/C19H23ClN2O4S/c1-5-22(6-2)27(24,25)15-9-7-14(8-10-15)19(23)21-17-11-13(3)16(20)12-18(17)26-4/h7-12H,5-6H2,1-4H3,(H,21,23). The van der Waals surface area contributed by atoms with Crippen LogP contribution in [0.3, 0.4) is 0 Å². The molecule has 0 aliphatic rings. The van der Waals surface area contributed by atoms with E-state index in [0.717, 1.165) is 5.56 Å². The van der Waals surface area contributed by atoms with Crippen LogP contribution in [0.5, 0.6) is 5.75 Å². The van der Waals surface area contributed by atoms with Crippen LogP contribution in [-0.4, -0.2) is 38.8 Å². The summed E-state index contributed by atoms with van der Waals surface area (Å²) >= 11 is 6.07. The number of carbonyl (C=O) groups excluding carboxylic acids is 1. The topological polar surface area (TPSA) is 75.7 Å². The summed E-state index contributed by atoms with van der Waals surface area (Å²) in [5.74, 6) is 0.0708. The molecule has 1 N–H and O–H groups in total. The lowest BCUT2D eigenvalue weighted by atomic mass is 10.1. The first-order valence-electron chi connectivity index (χ1n) is 8.50. The quantitative estimate of drug-likeness (QED) is 0.750. The number of rotatable bonds is 7. The molecular formula is C19H23ClN2O4S. The molecule has 0 bridgehead atoms. The highest BCUT2D eigenvalue weighted by Gasteiger charge is 2.22. The van der Waals surface area contributed by atoms with E-state index in [9.17, 15) is 13.2 Å². The van der Waals surface area contributed by atoms with Crippen molar-refractivity contribution in [1.29, 1.82) is 0 Å². The summed E-state index contributed by atoms with van der Waals surface area (Å²) in [5, 5.41) is 3.30. The van der Waals surface area contributed by atoms with Crippen LogP contribution in [0, 0.1) is 6.92 Å². The van der Waals surface area contributed by atoms with Crippen LogP contribution in [0.25, 0.3) is 0 Å². The Morgan fingerprint density at radius 1 is 1.15 bits per heavy atom. The van der Waals surface area contributed by atoms with E-state index in [1.54, 1.807) is 26.0 Å². The summed E-state index contributed by atoms with van der Waals surface area (Å²) in [6.07, 6.45) is 0. The van der Waals surface area contributed by atoms with Crippen LogP contribution >= 0.6 is 11.6 Å². The van der Waals surface area contributed by atoms with Crippen LogP contribution in [0.2, 0.25) is 5.02 Å². The molecule has 0 heterocycles. The SMILES string of the molecule is CCN(CC)S(=O)(=O)c1ccc(C(=O)Nc2cc(C)c(Cl)cc2OC)cc1. The Morgan fingerprint density at radius 2 is 1.74 bits per heavy atom. The van der Waals surface area contributed by atoms with Crippen LogP contribution in [-0.2, 0) is 10.0 Å². The zero-order chi connectivity index (χ0) is 20.2. The Kier molecular flexibility index (Phi) is 6.86. The summed E-state index contributed by atoms with van der Waals surface area (Å²) in [5.41, 5.74) is 1.63. The summed E-state index contributed by atoms with van der Waals surface area (Å²) in [6.45, 7) is 6.16. The summed E-state index contributed by atoms with van der Waals surface area (Å²) in [4.78, 5) is 12.7. The smallest absolute Gasteiger partial charge is 0.255 e. The molecule has 0 aliphatic heterocycles. The van der Waals surface area contributed by atoms with Crippen molar-refractivity contribution in [3.63, 3.8) is 0 Å². The van der Waals surface area contributed by atoms with Gasteiger partial charge in [-0.1, -0.05) is 25.4 Å². The molecule has 0 fully saturated rings. The molecule has 2 aromatic rings. The third kappa shape index (κ3) is 4.61. The first-order valence-corrected chi connectivity index (χ1v) is 10.3. The maximum atomic E-state index is 12.5. The number of ether oxygens (including phenoxy) is 1. The van der Waals surface area contributed by atoms with Crippen molar-refractivity contribution < 1.29 is 17.9 Å². The zero-order valence-corrected chi connectivity index (χ0v) is 17.3. The normalized spacial score (nSPS) is 11.5. The van der Waals surface area contributed by atoms with Crippen molar-refractivity contribution >= 4 is 33.2 Å². The zero-order valence-electron chi connectivity index (χ0n) is 15.7. The van der Waals surface area contributed by atoms with Gasteiger partial charge in [-0.3, -0.25) is 4.79 Å². The van der Waals surface area contributed by atoms with Crippen LogP contribution in [0.15, 0.2) is 41.3 Å². The molecule has 0 aromatic heterocycles. The lowest BCUT2D eigenvalue weighted by Gasteiger charge is -2.18. The fourth-order valence-corrected chi connectivity index (χ4v) is 4.23. The van der Waals surface area contributed by atoms with Gasteiger partial charge in [0.1, 0.15) is 5.75 Å². The van der Waals surface area contributed by atoms with Gasteiger partial charge in [-0.15, -0.1) is 0 Å². The van der Waals surface area contributed by atoms with Gasteiger partial charge in [-0.2, -0.15) is 4.31 Å². The number of anilines is 1. The summed E-state index contributed by atoms with van der Waals surface area (Å²) in [6, 6.07) is 9.20. The van der Waals surface area contributed by atoms with Crippen molar-refractivity contribution in [3.05, 3.63) is 52.5 Å². The van der Waals surface area contributed by atoms with Crippen LogP contribution < -0.4 is 10.1 Å². The lowest BCUT2D eigenvalue weighted by molar-refractivity contribution is 0.102. The highest BCUT2D eigenvalue weighted by Crippen LogP contribution is 2.31. The molecule has 0 aliphatic carbocycles. The number of nitrogens with zero attached hydrogens (tertiary/aromatic N) is 1. The first kappa shape index (κ1) is 21.2. The number of hydrogen-bond donors (Lipinski definition) is 1. The van der Waals surface area contributed by atoms with Crippen molar-refractivity contribution in [1.82, 2.24) is 4.31 Å². The molecule has 2 rings (SSSR count). The van der Waals surface area contributed by atoms with Gasteiger partial charge < -0.3 is 10.1 Å². The van der Waals surface area contributed by atoms with Crippen molar-refractivity contribution in [2.75, 3.05) is 25.5 Å². The minimum Gasteiger partial charge on any atom is -0.495 e. The van der Waals surface area contributed by atoms with E-state index in [2.05, 4.69) is 5.32 Å². The molecule has 1 amide bonds. The predicted octanol–water partition coefficient (Wildman–Crippen LogP) is 3.94. The molecule has 0 radical (unpaired) electrons. The Hall–Kier alpha value is -2.09. The van der Waals surface area contributed by atoms with Gasteiger partial charge >= 0.3 is 0 Å². The Bertz CT molecular complexity index is 923. The van der Waals surface area contributed by atoms with Crippen molar-refractivity contribution in [2.24, 2.45) is 0 Å². The summed E-state index contributed by atoms with van der Waals surface area (Å²) in [7, 11) is -2.07. The van der Waals surface area contributed by atoms with E-state index in [1.165, 1.54) is 35.7 Å². The van der Waals surface area contributed by atoms with Gasteiger partial charge in [0, 0.05) is 29.7 Å². The van der Waals surface area contributed by atoms with Gasteiger partial charge in [0.25, 0.3) is 5.91 Å². The van der Waals surface area contributed by atoms with E-state index < -0.39 is 10.0 Å². The van der Waals surface area contributed by atoms with Gasteiger partial charge in [0.15, 0.2) is 0 Å². The fraction of sp³-hybridized carbons (Fsp3) is 0.316. The largest absolute Gasteiger partial charge is 0.495 e. The van der Waals surface area contributed by atoms with Crippen molar-refractivity contribution in [2.45, 2.75) is 25.7 Å². The second-order valence-electron chi connectivity index (χ2n) is 5.87. The number of carbonyl (C=O) groups is 1. The van der Waals surface area contributed by atoms with E-state index in [-0.39, 0.29) is 10.8 Å². The molecule has 2 aromatic carbocycles. The minimum absolute atomic E-state index is 0.155. The lowest BCUT2D eigenvalue weighted by Crippen LogP contribution is -2.30. The Balaban J connectivity index is 2.26. The number of hydrogen-bond acceptors (Lipinski definition) is 4. The number of methoxy groups -OCH3 is 1. The van der Waals surface area contributed by atoms with E-state index in [4.69, 9.17) is 16.3 Å². The number of benzene rings is 2. The molecule has 8 heteroatoms. The number of nitrogens with one attached hydrogen (secondary N) is 1. The highest BCUT2D eigenvalue weighted by atomic mass is 35.5. The first-order chi connectivity index (χ1) is 12.7. The average molecular weight is 411 g/mol. The van der Waals surface area contributed by atoms with Gasteiger partial charge in [0.05, 0.1) is 17.7 Å². The van der Waals surface area contributed by atoms with Gasteiger partial charge in [-0.05, 0) is 42.8 Å². The molecule has 6 nitrogen and oxygen atoms in total. The molecule has 0 saturated heterocycles. The average Bonchev–Trinajstić information content (AvgIpc) is 2.65. The highest BCUT2D eigenvalue weighted by molar-refractivity contribution is 7.89. The van der Waals surface area contributed by atoms with Gasteiger partial charge in [0.2, 0.25) is 10.0 Å². The fourth-order valence-electron chi connectivity index (χ4n) is 2.62. The molecule has 146 valence electrons. The van der Waals surface area contributed by atoms with Crippen LogP contribution in [0.4, 0.5) is 5.69 Å². The Labute approximate surface area is 165 Å². The van der Waals surface area contributed by atoms with Crippen LogP contribution in [0.1, 0.15) is 29.8 Å². The number of aryl methyl sites for hydroxylation is 1. The second-order valence-corrected chi connectivity index (χ2v) is 8.21. The minimum atomic E-state index is -3.56. The number of sulfonamides is 1. The number of halogens is 1. The number of amides is 1. The Morgan fingerprint density at radius 3 is 2.26 bits per heavy atom. The molecule has 0 atom stereocenters. The second kappa shape index (κ2) is 8.73. The molecule has 0 unspecified atom stereocenters. The maximum Gasteiger partial charge on any atom is 0.255 e. The molecule has 0 saturated carbocycles. The third-order valence-electron chi connectivity index (χ3n) is 4.19. The van der Waals surface area contributed by atoms with Gasteiger partial charge in [-0.25, -0.2) is 8.42 Å². The molecule has 0 spiro atoms. The predicted molar refractivity (Wildman–Crippen MR) is 107 cm³/mol. The molecule has 27 heavy (non-hydrogen) atoms. The van der Waals surface area contributed by atoms with E-state index in [1.807, 2.05) is 6.92 Å². The van der Waals surface area contributed by atoms with E-state index in [0.29, 0.717) is 35.1 Å². The molecular weight excluding hydrogens is 388 g/mol.